The van der Waals surface area contributed by atoms with Gasteiger partial charge < -0.3 is 24.3 Å². The number of amides is 1. The Morgan fingerprint density at radius 1 is 1.03 bits per heavy atom. The molecule has 0 spiro atoms. The minimum absolute atomic E-state index is 0.0990. The van der Waals surface area contributed by atoms with Crippen LogP contribution in [0.2, 0.25) is 0 Å². The van der Waals surface area contributed by atoms with Crippen LogP contribution in [0.25, 0.3) is 17.0 Å². The third kappa shape index (κ3) is 5.43. The van der Waals surface area contributed by atoms with Gasteiger partial charge in [0.05, 0.1) is 26.3 Å². The molecule has 1 amide bonds. The van der Waals surface area contributed by atoms with Crippen LogP contribution >= 0.6 is 0 Å². The van der Waals surface area contributed by atoms with Crippen molar-refractivity contribution >= 4 is 11.6 Å². The highest BCUT2D eigenvalue weighted by Gasteiger charge is 2.18. The lowest BCUT2D eigenvalue weighted by Crippen LogP contribution is -2.38. The largest absolute Gasteiger partial charge is 0.497 e. The van der Waals surface area contributed by atoms with E-state index >= 15 is 0 Å². The standard InChI is InChI=1S/C24H23F2N5O5/c1-14(36-20-6-4-15(25)12-18(20)26)24(32)27-10-11-35-22-9-8-21-28-29-23(31(21)30-22)17-13-16(33-2)5-7-19(17)34-3/h4-9,12-14H,10-11H2,1-3H3,(H,27,32). The second-order valence-corrected chi connectivity index (χ2v) is 7.51. The number of fused-ring (bicyclic) bond motifs is 1. The monoisotopic (exact) mass is 499 g/mol. The molecule has 2 aromatic heterocycles. The summed E-state index contributed by atoms with van der Waals surface area (Å²) in [6, 6.07) is 11.5. The zero-order valence-electron chi connectivity index (χ0n) is 19.7. The molecule has 0 aliphatic carbocycles. The molecule has 36 heavy (non-hydrogen) atoms. The zero-order chi connectivity index (χ0) is 25.7. The van der Waals surface area contributed by atoms with Crippen molar-refractivity contribution in [3.05, 3.63) is 60.2 Å². The highest BCUT2D eigenvalue weighted by molar-refractivity contribution is 5.80. The first kappa shape index (κ1) is 24.6. The smallest absolute Gasteiger partial charge is 0.260 e. The SMILES string of the molecule is COc1ccc(OC)c(-c2nnc3ccc(OCCNC(=O)C(C)Oc4ccc(F)cc4F)nn23)c1. The van der Waals surface area contributed by atoms with Gasteiger partial charge in [-0.15, -0.1) is 15.3 Å². The third-order valence-electron chi connectivity index (χ3n) is 5.10. The first-order valence-corrected chi connectivity index (χ1v) is 10.9. The van der Waals surface area contributed by atoms with Crippen LogP contribution in [0.5, 0.6) is 23.1 Å². The normalized spacial score (nSPS) is 11.7. The molecule has 0 aliphatic heterocycles. The van der Waals surface area contributed by atoms with Crippen LogP contribution in [-0.2, 0) is 4.79 Å². The van der Waals surface area contributed by atoms with Crippen LogP contribution in [0.4, 0.5) is 8.78 Å². The number of rotatable bonds is 10. The number of aromatic nitrogens is 4. The molecule has 2 heterocycles. The lowest BCUT2D eigenvalue weighted by atomic mass is 10.2. The van der Waals surface area contributed by atoms with Crippen molar-refractivity contribution < 1.29 is 32.5 Å². The van der Waals surface area contributed by atoms with Crippen molar-refractivity contribution in [2.45, 2.75) is 13.0 Å². The average Bonchev–Trinajstić information content (AvgIpc) is 3.30. The summed E-state index contributed by atoms with van der Waals surface area (Å²) in [7, 11) is 3.11. The number of ether oxygens (including phenoxy) is 4. The van der Waals surface area contributed by atoms with Crippen LogP contribution in [0.1, 0.15) is 6.92 Å². The lowest BCUT2D eigenvalue weighted by Gasteiger charge is -2.15. The summed E-state index contributed by atoms with van der Waals surface area (Å²) in [6.45, 7) is 1.69. The fourth-order valence-electron chi connectivity index (χ4n) is 3.29. The summed E-state index contributed by atoms with van der Waals surface area (Å²) >= 11 is 0. The van der Waals surface area contributed by atoms with Gasteiger partial charge in [0.25, 0.3) is 5.91 Å². The Kier molecular flexibility index (Phi) is 7.42. The van der Waals surface area contributed by atoms with Crippen molar-refractivity contribution in [3.63, 3.8) is 0 Å². The van der Waals surface area contributed by atoms with E-state index in [9.17, 15) is 13.6 Å². The Labute approximate surface area is 204 Å². The summed E-state index contributed by atoms with van der Waals surface area (Å²) in [6.07, 6.45) is -1.00. The number of halogens is 2. The summed E-state index contributed by atoms with van der Waals surface area (Å²) in [5.74, 6) is -0.441. The van der Waals surface area contributed by atoms with Gasteiger partial charge >= 0.3 is 0 Å². The molecular weight excluding hydrogens is 476 g/mol. The molecular formula is C24H23F2N5O5. The van der Waals surface area contributed by atoms with E-state index in [1.54, 1.807) is 44.6 Å². The number of benzene rings is 2. The van der Waals surface area contributed by atoms with Crippen LogP contribution in [-0.4, -0.2) is 59.2 Å². The molecule has 1 N–H and O–H groups in total. The molecule has 10 nitrogen and oxygen atoms in total. The van der Waals surface area contributed by atoms with Gasteiger partial charge in [0.2, 0.25) is 5.88 Å². The Morgan fingerprint density at radius 2 is 1.83 bits per heavy atom. The Morgan fingerprint density at radius 3 is 2.58 bits per heavy atom. The Hall–Kier alpha value is -4.48. The maximum absolute atomic E-state index is 13.7. The van der Waals surface area contributed by atoms with Crippen molar-refractivity contribution in [2.24, 2.45) is 0 Å². The molecule has 1 atom stereocenters. The Bertz CT molecular complexity index is 1380. The van der Waals surface area contributed by atoms with Gasteiger partial charge in [0, 0.05) is 12.1 Å². The molecule has 0 aliphatic rings. The zero-order valence-corrected chi connectivity index (χ0v) is 19.7. The molecule has 2 aromatic carbocycles. The maximum atomic E-state index is 13.7. The van der Waals surface area contributed by atoms with Gasteiger partial charge in [-0.05, 0) is 43.3 Å². The first-order chi connectivity index (χ1) is 17.4. The molecule has 0 radical (unpaired) electrons. The highest BCUT2D eigenvalue weighted by atomic mass is 19.1. The number of nitrogens with zero attached hydrogens (tertiary/aromatic N) is 4. The second-order valence-electron chi connectivity index (χ2n) is 7.51. The van der Waals surface area contributed by atoms with E-state index in [0.717, 1.165) is 12.1 Å². The summed E-state index contributed by atoms with van der Waals surface area (Å²) in [5.41, 5.74) is 1.13. The van der Waals surface area contributed by atoms with Gasteiger partial charge in [0.1, 0.15) is 23.9 Å². The molecule has 0 saturated carbocycles. The van der Waals surface area contributed by atoms with Crippen LogP contribution in [0.3, 0.4) is 0 Å². The van der Waals surface area contributed by atoms with Crippen LogP contribution < -0.4 is 24.3 Å². The summed E-state index contributed by atoms with van der Waals surface area (Å²) in [4.78, 5) is 12.2. The van der Waals surface area contributed by atoms with Crippen molar-refractivity contribution in [2.75, 3.05) is 27.4 Å². The van der Waals surface area contributed by atoms with Gasteiger partial charge in [-0.3, -0.25) is 4.79 Å². The van der Waals surface area contributed by atoms with E-state index in [-0.39, 0.29) is 24.8 Å². The molecule has 4 rings (SSSR count). The maximum Gasteiger partial charge on any atom is 0.260 e. The number of carbonyl (C=O) groups is 1. The van der Waals surface area contributed by atoms with Crippen molar-refractivity contribution in [3.8, 4) is 34.5 Å². The number of carbonyl (C=O) groups excluding carboxylic acids is 1. The van der Waals surface area contributed by atoms with Gasteiger partial charge in [0.15, 0.2) is 29.1 Å². The predicted molar refractivity (Wildman–Crippen MR) is 124 cm³/mol. The molecule has 0 bridgehead atoms. The third-order valence-corrected chi connectivity index (χ3v) is 5.10. The van der Waals surface area contributed by atoms with Crippen molar-refractivity contribution in [1.29, 1.82) is 0 Å². The van der Waals surface area contributed by atoms with Crippen molar-refractivity contribution in [1.82, 2.24) is 25.1 Å². The molecule has 188 valence electrons. The average molecular weight is 499 g/mol. The quantitative estimate of drug-likeness (QED) is 0.332. The fourth-order valence-corrected chi connectivity index (χ4v) is 3.29. The molecule has 12 heteroatoms. The molecule has 0 fully saturated rings. The first-order valence-electron chi connectivity index (χ1n) is 10.9. The van der Waals surface area contributed by atoms with Crippen LogP contribution in [0, 0.1) is 11.6 Å². The van der Waals surface area contributed by atoms with E-state index in [1.807, 2.05) is 0 Å². The summed E-state index contributed by atoms with van der Waals surface area (Å²) < 4.78 is 49.9. The van der Waals surface area contributed by atoms with E-state index in [4.69, 9.17) is 18.9 Å². The number of methoxy groups -OCH3 is 2. The van der Waals surface area contributed by atoms with Gasteiger partial charge in [-0.1, -0.05) is 0 Å². The second kappa shape index (κ2) is 10.8. The lowest BCUT2D eigenvalue weighted by molar-refractivity contribution is -0.127. The highest BCUT2D eigenvalue weighted by Crippen LogP contribution is 2.32. The predicted octanol–water partition coefficient (Wildman–Crippen LogP) is 3.05. The van der Waals surface area contributed by atoms with E-state index in [0.29, 0.717) is 34.6 Å². The number of hydrogen-bond acceptors (Lipinski definition) is 8. The Balaban J connectivity index is 1.37. The number of nitrogens with one attached hydrogen (secondary N) is 1. The molecule has 4 aromatic rings. The molecule has 0 saturated heterocycles. The van der Waals surface area contributed by atoms with Gasteiger partial charge in [-0.25, -0.2) is 8.78 Å². The summed E-state index contributed by atoms with van der Waals surface area (Å²) in [5, 5.41) is 15.4. The minimum atomic E-state index is -1.00. The van der Waals surface area contributed by atoms with E-state index < -0.39 is 23.6 Å². The van der Waals surface area contributed by atoms with Gasteiger partial charge in [-0.2, -0.15) is 4.52 Å². The van der Waals surface area contributed by atoms with Crippen LogP contribution in [0.15, 0.2) is 48.5 Å². The topological polar surface area (TPSA) is 109 Å². The van der Waals surface area contributed by atoms with E-state index in [1.165, 1.54) is 11.4 Å². The number of hydrogen-bond donors (Lipinski definition) is 1. The molecule has 1 unspecified atom stereocenters. The van der Waals surface area contributed by atoms with E-state index in [2.05, 4.69) is 20.6 Å². The minimum Gasteiger partial charge on any atom is -0.497 e. The fraction of sp³-hybridized carbons (Fsp3) is 0.250.